The predicted molar refractivity (Wildman–Crippen MR) is 106 cm³/mol. The van der Waals surface area contributed by atoms with E-state index in [1.165, 1.54) is 40.6 Å². The molecule has 0 amide bonds. The summed E-state index contributed by atoms with van der Waals surface area (Å²) in [5.74, 6) is -0.313. The van der Waals surface area contributed by atoms with Gasteiger partial charge in [0.15, 0.2) is 0 Å². The van der Waals surface area contributed by atoms with E-state index in [1.54, 1.807) is 31.2 Å². The molecule has 0 heterocycles. The van der Waals surface area contributed by atoms with E-state index in [9.17, 15) is 9.59 Å². The van der Waals surface area contributed by atoms with Crippen molar-refractivity contribution in [1.29, 1.82) is 0 Å². The quantitative estimate of drug-likeness (QED) is 0.296. The summed E-state index contributed by atoms with van der Waals surface area (Å²) in [6, 6.07) is 9.21. The molecule has 0 unspecified atom stereocenters. The Hall–Kier alpha value is -3.50. The molecule has 2 rings (SSSR count). The van der Waals surface area contributed by atoms with E-state index < -0.39 is 18.2 Å². The maximum Gasteiger partial charge on any atom is 0.377 e. The van der Waals surface area contributed by atoms with Crippen molar-refractivity contribution in [2.75, 3.05) is 28.4 Å². The van der Waals surface area contributed by atoms with Crippen LogP contribution in [0.15, 0.2) is 36.4 Å². The summed E-state index contributed by atoms with van der Waals surface area (Å²) in [5, 5.41) is 0. The van der Waals surface area contributed by atoms with Crippen LogP contribution in [0.3, 0.4) is 0 Å². The molecule has 31 heavy (non-hydrogen) atoms. The standard InChI is InChI=1S/C21H24O10/c1-6-19(28-30-20(22)15-11-13(24-2)7-9-17(15)26-4)29-31-21(23)16-12-14(25-3)8-10-18(16)27-5/h7-12,19H,6H2,1-5H3. The minimum atomic E-state index is -1.18. The van der Waals surface area contributed by atoms with Gasteiger partial charge in [-0.2, -0.15) is 0 Å². The summed E-state index contributed by atoms with van der Waals surface area (Å²) in [7, 11) is 5.73. The monoisotopic (exact) mass is 436 g/mol. The third-order valence-electron chi connectivity index (χ3n) is 4.05. The van der Waals surface area contributed by atoms with Crippen molar-refractivity contribution < 1.29 is 48.1 Å². The molecule has 2 aromatic rings. The van der Waals surface area contributed by atoms with Crippen LogP contribution >= 0.6 is 0 Å². The minimum absolute atomic E-state index is 0.0785. The van der Waals surface area contributed by atoms with E-state index in [-0.39, 0.29) is 29.0 Å². The minimum Gasteiger partial charge on any atom is -0.497 e. The molecule has 10 nitrogen and oxygen atoms in total. The summed E-state index contributed by atoms with van der Waals surface area (Å²) in [5.41, 5.74) is 0.157. The fraction of sp³-hybridized carbons (Fsp3) is 0.333. The van der Waals surface area contributed by atoms with Gasteiger partial charge in [0.05, 0.1) is 28.4 Å². The lowest BCUT2D eigenvalue weighted by Crippen LogP contribution is -2.22. The number of rotatable bonds is 11. The summed E-state index contributed by atoms with van der Waals surface area (Å²) >= 11 is 0. The average Bonchev–Trinajstić information content (AvgIpc) is 2.82. The Morgan fingerprint density at radius 1 is 0.710 bits per heavy atom. The van der Waals surface area contributed by atoms with E-state index in [0.29, 0.717) is 11.5 Å². The second-order valence-corrected chi connectivity index (χ2v) is 5.90. The molecule has 0 fully saturated rings. The summed E-state index contributed by atoms with van der Waals surface area (Å²) < 4.78 is 20.4. The fourth-order valence-electron chi connectivity index (χ4n) is 2.38. The first kappa shape index (κ1) is 23.8. The molecule has 2 aromatic carbocycles. The predicted octanol–water partition coefficient (Wildman–Crippen LogP) is 3.33. The van der Waals surface area contributed by atoms with Crippen LogP contribution in [0.25, 0.3) is 0 Å². The Morgan fingerprint density at radius 2 is 1.13 bits per heavy atom. The molecule has 0 saturated heterocycles. The lowest BCUT2D eigenvalue weighted by molar-refractivity contribution is -0.420. The van der Waals surface area contributed by atoms with Crippen molar-refractivity contribution in [1.82, 2.24) is 0 Å². The third kappa shape index (κ3) is 6.24. The lowest BCUT2D eigenvalue weighted by Gasteiger charge is -2.15. The number of benzene rings is 2. The second kappa shape index (κ2) is 11.6. The third-order valence-corrected chi connectivity index (χ3v) is 4.05. The van der Waals surface area contributed by atoms with Crippen molar-refractivity contribution >= 4 is 11.9 Å². The smallest absolute Gasteiger partial charge is 0.377 e. The van der Waals surface area contributed by atoms with Crippen molar-refractivity contribution in [3.63, 3.8) is 0 Å². The highest BCUT2D eigenvalue weighted by atomic mass is 17.3. The highest BCUT2D eigenvalue weighted by Crippen LogP contribution is 2.26. The van der Waals surface area contributed by atoms with Crippen LogP contribution in [-0.2, 0) is 19.6 Å². The molecule has 0 aliphatic heterocycles. The topological polar surface area (TPSA) is 108 Å². The number of ether oxygens (including phenoxy) is 4. The van der Waals surface area contributed by atoms with E-state index in [1.807, 2.05) is 0 Å². The summed E-state index contributed by atoms with van der Waals surface area (Å²) in [4.78, 5) is 44.2. The van der Waals surface area contributed by atoms with Crippen LogP contribution in [0.5, 0.6) is 23.0 Å². The van der Waals surface area contributed by atoms with Crippen molar-refractivity contribution in [3.05, 3.63) is 47.5 Å². The van der Waals surface area contributed by atoms with Crippen LogP contribution in [0, 0.1) is 0 Å². The molecule has 0 aliphatic rings. The second-order valence-electron chi connectivity index (χ2n) is 5.90. The Labute approximate surface area is 179 Å². The Bertz CT molecular complexity index is 824. The zero-order valence-corrected chi connectivity index (χ0v) is 17.8. The van der Waals surface area contributed by atoms with Crippen LogP contribution in [0.2, 0.25) is 0 Å². The van der Waals surface area contributed by atoms with E-state index >= 15 is 0 Å². The van der Waals surface area contributed by atoms with Crippen molar-refractivity contribution in [2.45, 2.75) is 19.6 Å². The van der Waals surface area contributed by atoms with E-state index in [2.05, 4.69) is 0 Å². The summed E-state index contributed by atoms with van der Waals surface area (Å²) in [6.45, 7) is 1.67. The zero-order chi connectivity index (χ0) is 22.8. The first-order valence-corrected chi connectivity index (χ1v) is 9.16. The van der Waals surface area contributed by atoms with Gasteiger partial charge in [-0.05, 0) is 36.4 Å². The van der Waals surface area contributed by atoms with Crippen LogP contribution in [0.4, 0.5) is 0 Å². The average molecular weight is 436 g/mol. The molecule has 0 radical (unpaired) electrons. The van der Waals surface area contributed by atoms with Crippen molar-refractivity contribution in [3.8, 4) is 23.0 Å². The molecule has 168 valence electrons. The number of hydrogen-bond acceptors (Lipinski definition) is 10. The SMILES string of the molecule is CCC(OOC(=O)c1cc(OC)ccc1OC)OOC(=O)c1cc(OC)ccc1OC. The van der Waals surface area contributed by atoms with Gasteiger partial charge in [-0.1, -0.05) is 6.92 Å². The van der Waals surface area contributed by atoms with E-state index in [4.69, 9.17) is 38.5 Å². The summed E-state index contributed by atoms with van der Waals surface area (Å²) in [6.07, 6.45) is -0.980. The molecule has 0 saturated carbocycles. The molecule has 0 spiro atoms. The largest absolute Gasteiger partial charge is 0.497 e. The molecule has 0 atom stereocenters. The fourth-order valence-corrected chi connectivity index (χ4v) is 2.38. The van der Waals surface area contributed by atoms with Crippen LogP contribution < -0.4 is 18.9 Å². The van der Waals surface area contributed by atoms with Crippen LogP contribution in [0.1, 0.15) is 34.1 Å². The zero-order valence-electron chi connectivity index (χ0n) is 17.8. The first-order chi connectivity index (χ1) is 15.0. The van der Waals surface area contributed by atoms with Gasteiger partial charge in [0.1, 0.15) is 34.1 Å². The van der Waals surface area contributed by atoms with E-state index in [0.717, 1.165) is 0 Å². The highest BCUT2D eigenvalue weighted by Gasteiger charge is 2.22. The normalized spacial score (nSPS) is 10.4. The molecule has 0 bridgehead atoms. The van der Waals surface area contributed by atoms with Gasteiger partial charge in [0.2, 0.25) is 6.29 Å². The first-order valence-electron chi connectivity index (χ1n) is 9.16. The molecule has 10 heteroatoms. The Morgan fingerprint density at radius 3 is 1.45 bits per heavy atom. The molecular formula is C21H24O10. The number of carbonyl (C=O) groups excluding carboxylic acids is 2. The maximum atomic E-state index is 12.4. The molecular weight excluding hydrogens is 412 g/mol. The number of carbonyl (C=O) groups is 2. The number of hydrogen-bond donors (Lipinski definition) is 0. The van der Waals surface area contributed by atoms with Gasteiger partial charge in [0.25, 0.3) is 0 Å². The van der Waals surface area contributed by atoms with Gasteiger partial charge < -0.3 is 18.9 Å². The Balaban J connectivity index is 1.99. The van der Waals surface area contributed by atoms with Crippen LogP contribution in [-0.4, -0.2) is 46.7 Å². The number of methoxy groups -OCH3 is 4. The molecule has 0 aliphatic carbocycles. The Kier molecular flexibility index (Phi) is 8.92. The van der Waals surface area contributed by atoms with Gasteiger partial charge in [-0.15, -0.1) is 9.78 Å². The van der Waals surface area contributed by atoms with Gasteiger partial charge >= 0.3 is 11.9 Å². The van der Waals surface area contributed by atoms with Crippen molar-refractivity contribution in [2.24, 2.45) is 0 Å². The maximum absolute atomic E-state index is 12.4. The molecule has 0 aromatic heterocycles. The lowest BCUT2D eigenvalue weighted by atomic mass is 10.2. The van der Waals surface area contributed by atoms with Gasteiger partial charge in [-0.3, -0.25) is 9.78 Å². The van der Waals surface area contributed by atoms with Gasteiger partial charge in [-0.25, -0.2) is 9.59 Å². The molecule has 0 N–H and O–H groups in total. The van der Waals surface area contributed by atoms with Gasteiger partial charge in [0, 0.05) is 6.42 Å². The highest BCUT2D eigenvalue weighted by molar-refractivity contribution is 5.93.